The van der Waals surface area contributed by atoms with Crippen LogP contribution in [0.25, 0.3) is 0 Å². The molecule has 6 amide bonds. The lowest BCUT2D eigenvalue weighted by Gasteiger charge is -2.16. The average Bonchev–Trinajstić information content (AvgIpc) is 3.04. The molecular formula is C20H36N6O4. The number of carbonyl (C=O) groups excluding carboxylic acids is 4. The second-order valence-corrected chi connectivity index (χ2v) is 7.89. The largest absolute Gasteiger partial charge is 0.354 e. The molecule has 0 aromatic heterocycles. The van der Waals surface area contributed by atoms with Crippen molar-refractivity contribution in [1.29, 1.82) is 0 Å². The van der Waals surface area contributed by atoms with Crippen molar-refractivity contribution in [3.8, 4) is 0 Å². The standard InChI is InChI=1S/C20H36N6O4/c27-17-15(9-3-7-11-21-17)25-19(29)23-13-5-1-2-6-14-24-20(30)26-16-10-4-8-12-22-18(16)28/h15-16H,1-14H2,(H,21,27)(H,22,28)(H2,23,25,29)(H2,24,26,30). The fourth-order valence-electron chi connectivity index (χ4n) is 3.58. The fraction of sp³-hybridized carbons (Fsp3) is 0.800. The van der Waals surface area contributed by atoms with Crippen molar-refractivity contribution >= 4 is 23.9 Å². The lowest BCUT2D eigenvalue weighted by molar-refractivity contribution is -0.123. The highest BCUT2D eigenvalue weighted by molar-refractivity contribution is 5.87. The minimum Gasteiger partial charge on any atom is -0.354 e. The first-order valence-electron chi connectivity index (χ1n) is 11.2. The molecule has 2 aliphatic rings. The van der Waals surface area contributed by atoms with Gasteiger partial charge in [-0.25, -0.2) is 9.59 Å². The van der Waals surface area contributed by atoms with E-state index >= 15 is 0 Å². The molecule has 0 aromatic carbocycles. The Morgan fingerprint density at radius 2 is 1.13 bits per heavy atom. The minimum absolute atomic E-state index is 0.112. The summed E-state index contributed by atoms with van der Waals surface area (Å²) >= 11 is 0. The maximum absolute atomic E-state index is 11.9. The van der Waals surface area contributed by atoms with Crippen LogP contribution in [0.2, 0.25) is 0 Å². The number of amides is 6. The third-order valence-electron chi connectivity index (χ3n) is 5.36. The van der Waals surface area contributed by atoms with Crippen LogP contribution in [0, 0.1) is 0 Å². The summed E-state index contributed by atoms with van der Waals surface area (Å²) in [5.74, 6) is -0.224. The Bertz CT molecular complexity index is 536. The zero-order chi connectivity index (χ0) is 21.6. The second-order valence-electron chi connectivity index (χ2n) is 7.89. The zero-order valence-corrected chi connectivity index (χ0v) is 17.7. The van der Waals surface area contributed by atoms with Crippen molar-refractivity contribution in [2.45, 2.75) is 76.3 Å². The van der Waals surface area contributed by atoms with E-state index in [1.165, 1.54) is 0 Å². The molecule has 2 heterocycles. The maximum atomic E-state index is 11.9. The van der Waals surface area contributed by atoms with Gasteiger partial charge in [0.05, 0.1) is 0 Å². The van der Waals surface area contributed by atoms with Gasteiger partial charge in [0.1, 0.15) is 12.1 Å². The Morgan fingerprint density at radius 1 is 0.700 bits per heavy atom. The van der Waals surface area contributed by atoms with Gasteiger partial charge in [-0.3, -0.25) is 9.59 Å². The van der Waals surface area contributed by atoms with Crippen LogP contribution in [-0.2, 0) is 9.59 Å². The normalized spacial score (nSPS) is 22.0. The van der Waals surface area contributed by atoms with Crippen LogP contribution in [0.4, 0.5) is 9.59 Å². The molecule has 0 aromatic rings. The van der Waals surface area contributed by atoms with E-state index in [2.05, 4.69) is 31.9 Å². The van der Waals surface area contributed by atoms with Crippen LogP contribution in [-0.4, -0.2) is 62.1 Å². The van der Waals surface area contributed by atoms with Gasteiger partial charge in [0.2, 0.25) is 11.8 Å². The highest BCUT2D eigenvalue weighted by Crippen LogP contribution is 2.06. The predicted octanol–water partition coefficient (Wildman–Crippen LogP) is 0.483. The van der Waals surface area contributed by atoms with Crippen molar-refractivity contribution in [2.24, 2.45) is 0 Å². The van der Waals surface area contributed by atoms with Crippen LogP contribution in [0.3, 0.4) is 0 Å². The SMILES string of the molecule is O=C(NCCCCCCNC(=O)NC1CCCCNC1=O)NC1CCCCNC1=O. The van der Waals surface area contributed by atoms with Crippen molar-refractivity contribution in [3.63, 3.8) is 0 Å². The quantitative estimate of drug-likeness (QED) is 0.300. The Labute approximate surface area is 178 Å². The van der Waals surface area contributed by atoms with E-state index in [9.17, 15) is 19.2 Å². The molecule has 2 fully saturated rings. The molecule has 10 heteroatoms. The molecule has 2 unspecified atom stereocenters. The van der Waals surface area contributed by atoms with Gasteiger partial charge in [0, 0.05) is 26.2 Å². The van der Waals surface area contributed by atoms with Gasteiger partial charge in [0.25, 0.3) is 0 Å². The van der Waals surface area contributed by atoms with Crippen LogP contribution in [0.15, 0.2) is 0 Å². The van der Waals surface area contributed by atoms with Crippen molar-refractivity contribution in [2.75, 3.05) is 26.2 Å². The van der Waals surface area contributed by atoms with Crippen LogP contribution < -0.4 is 31.9 Å². The third kappa shape index (κ3) is 9.32. The summed E-state index contributed by atoms with van der Waals surface area (Å²) in [6, 6.07) is -1.52. The molecule has 2 saturated heterocycles. The van der Waals surface area contributed by atoms with E-state index in [0.717, 1.165) is 51.4 Å². The lowest BCUT2D eigenvalue weighted by Crippen LogP contribution is -2.49. The zero-order valence-electron chi connectivity index (χ0n) is 17.7. The van der Waals surface area contributed by atoms with Gasteiger partial charge in [-0.2, -0.15) is 0 Å². The third-order valence-corrected chi connectivity index (χ3v) is 5.36. The Balaban J connectivity index is 1.45. The van der Waals surface area contributed by atoms with Crippen LogP contribution in [0.1, 0.15) is 64.2 Å². The number of rotatable bonds is 9. The molecule has 0 radical (unpaired) electrons. The summed E-state index contributed by atoms with van der Waals surface area (Å²) in [6.07, 6.45) is 8.59. The van der Waals surface area contributed by atoms with E-state index < -0.39 is 12.1 Å². The van der Waals surface area contributed by atoms with Gasteiger partial charge in [-0.15, -0.1) is 0 Å². The number of hydrogen-bond donors (Lipinski definition) is 6. The van der Waals surface area contributed by atoms with E-state index in [-0.39, 0.29) is 23.9 Å². The van der Waals surface area contributed by atoms with Gasteiger partial charge < -0.3 is 31.9 Å². The van der Waals surface area contributed by atoms with Gasteiger partial charge in [-0.05, 0) is 51.4 Å². The number of carbonyl (C=O) groups is 4. The summed E-state index contributed by atoms with van der Waals surface area (Å²) in [7, 11) is 0. The molecule has 0 saturated carbocycles. The topological polar surface area (TPSA) is 140 Å². The molecule has 2 aliphatic heterocycles. The van der Waals surface area contributed by atoms with Gasteiger partial charge in [0.15, 0.2) is 0 Å². The smallest absolute Gasteiger partial charge is 0.315 e. The first-order valence-corrected chi connectivity index (χ1v) is 11.2. The molecule has 0 aliphatic carbocycles. The number of unbranched alkanes of at least 4 members (excludes halogenated alkanes) is 3. The molecule has 2 rings (SSSR count). The summed E-state index contributed by atoms with van der Waals surface area (Å²) in [4.78, 5) is 47.4. The van der Waals surface area contributed by atoms with Crippen molar-refractivity contribution < 1.29 is 19.2 Å². The Kier molecular flexibility index (Phi) is 10.8. The molecule has 10 nitrogen and oxygen atoms in total. The fourth-order valence-corrected chi connectivity index (χ4v) is 3.58. The second kappa shape index (κ2) is 13.7. The van der Waals surface area contributed by atoms with E-state index in [4.69, 9.17) is 0 Å². The molecule has 0 bridgehead atoms. The summed E-state index contributed by atoms with van der Waals surface area (Å²) in [5.41, 5.74) is 0. The Morgan fingerprint density at radius 3 is 1.57 bits per heavy atom. The van der Waals surface area contributed by atoms with Gasteiger partial charge in [-0.1, -0.05) is 12.8 Å². The highest BCUT2D eigenvalue weighted by Gasteiger charge is 2.23. The lowest BCUT2D eigenvalue weighted by atomic mass is 10.1. The summed E-state index contributed by atoms with van der Waals surface area (Å²) < 4.78 is 0. The summed E-state index contributed by atoms with van der Waals surface area (Å²) in [6.45, 7) is 2.44. The van der Waals surface area contributed by atoms with E-state index in [0.29, 0.717) is 39.0 Å². The van der Waals surface area contributed by atoms with Crippen molar-refractivity contribution in [1.82, 2.24) is 31.9 Å². The molecule has 0 spiro atoms. The number of nitrogens with one attached hydrogen (secondary N) is 6. The maximum Gasteiger partial charge on any atom is 0.315 e. The monoisotopic (exact) mass is 424 g/mol. The summed E-state index contributed by atoms with van der Waals surface area (Å²) in [5, 5.41) is 16.6. The first kappa shape index (κ1) is 23.8. The molecule has 6 N–H and O–H groups in total. The van der Waals surface area contributed by atoms with Crippen LogP contribution in [0.5, 0.6) is 0 Å². The van der Waals surface area contributed by atoms with E-state index in [1.54, 1.807) is 0 Å². The van der Waals surface area contributed by atoms with E-state index in [1.807, 2.05) is 0 Å². The molecule has 30 heavy (non-hydrogen) atoms. The molecular weight excluding hydrogens is 388 g/mol. The Hall–Kier alpha value is -2.52. The first-order chi connectivity index (χ1) is 14.6. The highest BCUT2D eigenvalue weighted by atomic mass is 16.2. The van der Waals surface area contributed by atoms with Crippen LogP contribution >= 0.6 is 0 Å². The molecule has 2 atom stereocenters. The average molecular weight is 425 g/mol. The number of hydrogen-bond acceptors (Lipinski definition) is 4. The predicted molar refractivity (Wildman–Crippen MR) is 113 cm³/mol. The van der Waals surface area contributed by atoms with Crippen molar-refractivity contribution in [3.05, 3.63) is 0 Å². The van der Waals surface area contributed by atoms with Gasteiger partial charge >= 0.3 is 12.1 Å². The minimum atomic E-state index is -0.450. The molecule has 170 valence electrons. The number of urea groups is 2.